The summed E-state index contributed by atoms with van der Waals surface area (Å²) in [4.78, 5) is 19.4. The molecule has 34 heavy (non-hydrogen) atoms. The van der Waals surface area contributed by atoms with Crippen molar-refractivity contribution in [2.75, 3.05) is 0 Å². The van der Waals surface area contributed by atoms with E-state index in [1.54, 1.807) is 6.07 Å². The van der Waals surface area contributed by atoms with E-state index in [1.807, 2.05) is 61.5 Å². The first kappa shape index (κ1) is 21.2. The van der Waals surface area contributed by atoms with Gasteiger partial charge < -0.3 is 10.1 Å². The van der Waals surface area contributed by atoms with Gasteiger partial charge in [0, 0.05) is 5.56 Å². The van der Waals surface area contributed by atoms with Crippen LogP contribution in [0, 0.1) is 18.3 Å². The molecule has 4 aromatic carbocycles. The molecule has 5 heteroatoms. The number of aromatic nitrogens is 2. The second kappa shape index (κ2) is 8.68. The van der Waals surface area contributed by atoms with Crippen LogP contribution in [0.3, 0.4) is 0 Å². The first-order valence-electron chi connectivity index (χ1n) is 10.9. The maximum absolute atomic E-state index is 11.6. The molecular formula is C29H21N3O2. The van der Waals surface area contributed by atoms with Gasteiger partial charge in [-0.15, -0.1) is 0 Å². The fourth-order valence-corrected chi connectivity index (χ4v) is 4.20. The number of aromatic amines is 1. The fraction of sp³-hybridized carbons (Fsp3) is 0.0690. The first-order valence-corrected chi connectivity index (χ1v) is 10.9. The molecule has 0 fully saturated rings. The normalized spacial score (nSPS) is 10.8. The van der Waals surface area contributed by atoms with Gasteiger partial charge in [-0.3, -0.25) is 0 Å². The highest BCUT2D eigenvalue weighted by molar-refractivity contribution is 6.02. The maximum Gasteiger partial charge on any atom is 0.337 e. The number of nitriles is 1. The zero-order chi connectivity index (χ0) is 23.7. The molecule has 5 aromatic rings. The van der Waals surface area contributed by atoms with Gasteiger partial charge in [-0.2, -0.15) is 5.26 Å². The maximum atomic E-state index is 11.6. The van der Waals surface area contributed by atoms with Crippen LogP contribution < -0.4 is 0 Å². The van der Waals surface area contributed by atoms with Crippen molar-refractivity contribution in [1.82, 2.24) is 9.97 Å². The molecule has 0 aliphatic rings. The summed E-state index contributed by atoms with van der Waals surface area (Å²) in [5.74, 6) is -0.345. The van der Waals surface area contributed by atoms with E-state index in [-0.39, 0.29) is 5.56 Å². The summed E-state index contributed by atoms with van der Waals surface area (Å²) in [6, 6.07) is 29.9. The monoisotopic (exact) mass is 443 g/mol. The number of carbonyl (C=O) groups is 1. The van der Waals surface area contributed by atoms with Gasteiger partial charge in [-0.05, 0) is 59.4 Å². The zero-order valence-electron chi connectivity index (χ0n) is 18.5. The molecule has 0 aliphatic heterocycles. The number of hydrogen-bond donors (Lipinski definition) is 2. The number of nitrogens with zero attached hydrogens (tertiary/aromatic N) is 2. The van der Waals surface area contributed by atoms with Crippen LogP contribution in [0.15, 0.2) is 84.9 Å². The number of carboxylic acids is 1. The molecule has 0 atom stereocenters. The van der Waals surface area contributed by atoms with Crippen molar-refractivity contribution in [3.05, 3.63) is 113 Å². The number of imidazole rings is 1. The van der Waals surface area contributed by atoms with Crippen molar-refractivity contribution < 1.29 is 9.90 Å². The van der Waals surface area contributed by atoms with E-state index in [4.69, 9.17) is 0 Å². The van der Waals surface area contributed by atoms with E-state index in [9.17, 15) is 15.2 Å². The molecule has 1 aromatic heterocycles. The van der Waals surface area contributed by atoms with E-state index in [0.717, 1.165) is 33.4 Å². The quantitative estimate of drug-likeness (QED) is 0.330. The van der Waals surface area contributed by atoms with Gasteiger partial charge in [0.05, 0.1) is 22.7 Å². The Morgan fingerprint density at radius 3 is 2.26 bits per heavy atom. The Kier molecular flexibility index (Phi) is 5.41. The van der Waals surface area contributed by atoms with E-state index in [1.165, 1.54) is 0 Å². The Morgan fingerprint density at radius 2 is 1.59 bits per heavy atom. The summed E-state index contributed by atoms with van der Waals surface area (Å²) < 4.78 is 0. The summed E-state index contributed by atoms with van der Waals surface area (Å²) in [5, 5.41) is 18.8. The molecule has 0 unspecified atom stereocenters. The van der Waals surface area contributed by atoms with Gasteiger partial charge in [0.25, 0.3) is 0 Å². The summed E-state index contributed by atoms with van der Waals surface area (Å²) >= 11 is 0. The molecule has 0 spiro atoms. The third kappa shape index (κ3) is 4.05. The van der Waals surface area contributed by atoms with Crippen LogP contribution in [0.5, 0.6) is 0 Å². The summed E-state index contributed by atoms with van der Waals surface area (Å²) in [7, 11) is 0. The van der Waals surface area contributed by atoms with Crippen LogP contribution in [0.1, 0.15) is 32.6 Å². The summed E-state index contributed by atoms with van der Waals surface area (Å²) in [6.45, 7) is 1.87. The summed E-state index contributed by atoms with van der Waals surface area (Å²) in [5.41, 5.74) is 8.18. The van der Waals surface area contributed by atoms with Gasteiger partial charge in [0.2, 0.25) is 0 Å². The number of carboxylic acid groups (broad SMARTS) is 1. The van der Waals surface area contributed by atoms with E-state index in [2.05, 4.69) is 40.3 Å². The molecule has 2 N–H and O–H groups in total. The van der Waals surface area contributed by atoms with Crippen molar-refractivity contribution in [1.29, 1.82) is 5.26 Å². The molecule has 0 bridgehead atoms. The van der Waals surface area contributed by atoms with E-state index in [0.29, 0.717) is 28.8 Å². The molecule has 0 aliphatic carbocycles. The van der Waals surface area contributed by atoms with Crippen LogP contribution in [0.25, 0.3) is 33.5 Å². The van der Waals surface area contributed by atoms with Crippen LogP contribution >= 0.6 is 0 Å². The number of fused-ring (bicyclic) bond motifs is 1. The highest BCUT2D eigenvalue weighted by Crippen LogP contribution is 2.27. The van der Waals surface area contributed by atoms with Crippen molar-refractivity contribution >= 4 is 17.0 Å². The number of nitrogens with one attached hydrogen (secondary N) is 1. The molecule has 0 saturated heterocycles. The van der Waals surface area contributed by atoms with Gasteiger partial charge in [0.15, 0.2) is 0 Å². The molecule has 5 nitrogen and oxygen atoms in total. The lowest BCUT2D eigenvalue weighted by Gasteiger charge is -2.07. The van der Waals surface area contributed by atoms with Crippen LogP contribution in [-0.2, 0) is 6.42 Å². The SMILES string of the molecule is Cc1cc(C(=O)O)c2nc(-c3ccc(-c4ccc(Cc5ccccc5C#N)cc4)cc3)[nH]c2c1. The van der Waals surface area contributed by atoms with Gasteiger partial charge >= 0.3 is 5.97 Å². The number of hydrogen-bond acceptors (Lipinski definition) is 3. The van der Waals surface area contributed by atoms with Crippen molar-refractivity contribution in [2.24, 2.45) is 0 Å². The average Bonchev–Trinajstić information content (AvgIpc) is 3.28. The third-order valence-electron chi connectivity index (χ3n) is 5.94. The number of benzene rings is 4. The largest absolute Gasteiger partial charge is 0.478 e. The van der Waals surface area contributed by atoms with Gasteiger partial charge in [-0.1, -0.05) is 66.7 Å². The highest BCUT2D eigenvalue weighted by atomic mass is 16.4. The summed E-state index contributed by atoms with van der Waals surface area (Å²) in [6.07, 6.45) is 0.715. The first-order chi connectivity index (χ1) is 16.5. The minimum Gasteiger partial charge on any atom is -0.478 e. The van der Waals surface area contributed by atoms with E-state index < -0.39 is 5.97 Å². The Morgan fingerprint density at radius 1 is 0.941 bits per heavy atom. The lowest BCUT2D eigenvalue weighted by atomic mass is 9.97. The predicted octanol–water partition coefficient (Wildman–Crippen LogP) is 6.37. The third-order valence-corrected chi connectivity index (χ3v) is 5.94. The number of rotatable bonds is 5. The zero-order valence-corrected chi connectivity index (χ0v) is 18.5. The second-order valence-electron chi connectivity index (χ2n) is 8.32. The lowest BCUT2D eigenvalue weighted by Crippen LogP contribution is -1.98. The number of aromatic carboxylic acids is 1. The molecule has 1 heterocycles. The molecule has 0 radical (unpaired) electrons. The second-order valence-corrected chi connectivity index (χ2v) is 8.32. The molecule has 0 saturated carbocycles. The molecule has 0 amide bonds. The molecule has 5 rings (SSSR count). The van der Waals surface area contributed by atoms with Crippen molar-refractivity contribution in [3.63, 3.8) is 0 Å². The van der Waals surface area contributed by atoms with Crippen LogP contribution in [0.4, 0.5) is 0 Å². The average molecular weight is 444 g/mol. The Bertz CT molecular complexity index is 1560. The predicted molar refractivity (Wildman–Crippen MR) is 133 cm³/mol. The molecular weight excluding hydrogens is 422 g/mol. The smallest absolute Gasteiger partial charge is 0.337 e. The minimum absolute atomic E-state index is 0.201. The van der Waals surface area contributed by atoms with Crippen molar-refractivity contribution in [3.8, 4) is 28.6 Å². The standard InChI is InChI=1S/C29H21N3O2/c1-18-14-25(29(33)34)27-26(15-18)31-28(32-27)22-12-10-21(11-13-22)20-8-6-19(7-9-20)16-23-4-2-3-5-24(23)17-30/h2-15H,16H2,1H3,(H,31,32)(H,33,34). The topological polar surface area (TPSA) is 89.8 Å². The Labute approximate surface area is 197 Å². The Hall–Kier alpha value is -4.69. The lowest BCUT2D eigenvalue weighted by molar-refractivity contribution is 0.0698. The van der Waals surface area contributed by atoms with Crippen LogP contribution in [0.2, 0.25) is 0 Å². The van der Waals surface area contributed by atoms with Crippen LogP contribution in [-0.4, -0.2) is 21.0 Å². The number of aryl methyl sites for hydroxylation is 1. The Balaban J connectivity index is 1.39. The fourth-order valence-electron chi connectivity index (χ4n) is 4.20. The van der Waals surface area contributed by atoms with E-state index >= 15 is 0 Å². The van der Waals surface area contributed by atoms with Crippen molar-refractivity contribution in [2.45, 2.75) is 13.3 Å². The van der Waals surface area contributed by atoms with Gasteiger partial charge in [0.1, 0.15) is 11.3 Å². The minimum atomic E-state index is -0.985. The number of H-pyrrole nitrogens is 1. The van der Waals surface area contributed by atoms with Gasteiger partial charge in [-0.25, -0.2) is 9.78 Å². The molecule has 164 valence electrons. The highest BCUT2D eigenvalue weighted by Gasteiger charge is 2.15.